The lowest BCUT2D eigenvalue weighted by molar-refractivity contribution is 0.0697. The molecule has 0 amide bonds. The van der Waals surface area contributed by atoms with Crippen LogP contribution in [0.1, 0.15) is 41.7 Å². The van der Waals surface area contributed by atoms with Crippen molar-refractivity contribution < 1.29 is 9.90 Å². The number of hydrogen-bond donors (Lipinski definition) is 2. The van der Waals surface area contributed by atoms with Crippen molar-refractivity contribution in [3.05, 3.63) is 17.5 Å². The fourth-order valence-electron chi connectivity index (χ4n) is 2.77. The molecule has 1 aliphatic rings. The van der Waals surface area contributed by atoms with Crippen LogP contribution in [0.15, 0.2) is 6.20 Å². The topological polar surface area (TPSA) is 80.0 Å². The highest BCUT2D eigenvalue weighted by atomic mass is 16.4. The summed E-state index contributed by atoms with van der Waals surface area (Å²) in [6, 6.07) is 0. The third-order valence-electron chi connectivity index (χ3n) is 4.05. The van der Waals surface area contributed by atoms with Crippen molar-refractivity contribution in [3.8, 4) is 0 Å². The van der Waals surface area contributed by atoms with Crippen LogP contribution in [0.3, 0.4) is 0 Å². The second-order valence-corrected chi connectivity index (χ2v) is 5.77. The largest absolute Gasteiger partial charge is 0.478 e. The van der Waals surface area contributed by atoms with Crippen molar-refractivity contribution in [1.82, 2.24) is 14.8 Å². The van der Waals surface area contributed by atoms with Gasteiger partial charge in [-0.15, -0.1) is 0 Å². The Hall–Kier alpha value is -2.11. The first-order valence-corrected chi connectivity index (χ1v) is 7.37. The number of carboxylic acid groups (broad SMARTS) is 1. The van der Waals surface area contributed by atoms with Crippen molar-refractivity contribution in [1.29, 1.82) is 0 Å². The number of rotatable bonds is 6. The van der Waals surface area contributed by atoms with Gasteiger partial charge in [0.2, 0.25) is 0 Å². The van der Waals surface area contributed by atoms with Gasteiger partial charge in [0.15, 0.2) is 5.65 Å². The van der Waals surface area contributed by atoms with Crippen molar-refractivity contribution in [2.75, 3.05) is 11.9 Å². The Labute approximate surface area is 123 Å². The molecule has 1 fully saturated rings. The zero-order valence-corrected chi connectivity index (χ0v) is 12.4. The minimum Gasteiger partial charge on any atom is -0.478 e. The fraction of sp³-hybridized carbons (Fsp3) is 0.533. The lowest BCUT2D eigenvalue weighted by Crippen LogP contribution is -2.09. The van der Waals surface area contributed by atoms with Gasteiger partial charge in [0.1, 0.15) is 5.56 Å². The molecular weight excluding hydrogens is 268 g/mol. The van der Waals surface area contributed by atoms with E-state index < -0.39 is 5.97 Å². The minimum atomic E-state index is -0.961. The zero-order chi connectivity index (χ0) is 15.0. The number of aromatic nitrogens is 3. The van der Waals surface area contributed by atoms with Crippen LogP contribution in [0.2, 0.25) is 0 Å². The summed E-state index contributed by atoms with van der Waals surface area (Å²) in [6.45, 7) is 2.66. The van der Waals surface area contributed by atoms with E-state index >= 15 is 0 Å². The van der Waals surface area contributed by atoms with Gasteiger partial charge >= 0.3 is 5.97 Å². The van der Waals surface area contributed by atoms with Crippen molar-refractivity contribution in [3.63, 3.8) is 0 Å². The monoisotopic (exact) mass is 288 g/mol. The Morgan fingerprint density at radius 3 is 2.95 bits per heavy atom. The highest BCUT2D eigenvalue weighted by Crippen LogP contribution is 2.34. The molecular formula is C15H20N4O2. The van der Waals surface area contributed by atoms with Crippen molar-refractivity contribution in [2.24, 2.45) is 13.0 Å². The molecule has 2 N–H and O–H groups in total. The second kappa shape index (κ2) is 5.35. The molecule has 112 valence electrons. The van der Waals surface area contributed by atoms with Crippen LogP contribution >= 0.6 is 0 Å². The summed E-state index contributed by atoms with van der Waals surface area (Å²) in [4.78, 5) is 15.7. The molecule has 0 radical (unpaired) electrons. The van der Waals surface area contributed by atoms with Gasteiger partial charge < -0.3 is 10.4 Å². The van der Waals surface area contributed by atoms with Gasteiger partial charge in [-0.25, -0.2) is 9.78 Å². The van der Waals surface area contributed by atoms with E-state index in [9.17, 15) is 9.90 Å². The van der Waals surface area contributed by atoms with Gasteiger partial charge in [0.05, 0.1) is 16.8 Å². The molecule has 0 bridgehead atoms. The number of nitrogens with zero attached hydrogens (tertiary/aromatic N) is 3. The Kier molecular flexibility index (Phi) is 3.53. The molecule has 21 heavy (non-hydrogen) atoms. The number of hydrogen-bond acceptors (Lipinski definition) is 4. The molecule has 0 aliphatic heterocycles. The first kappa shape index (κ1) is 13.9. The Morgan fingerprint density at radius 1 is 1.52 bits per heavy atom. The van der Waals surface area contributed by atoms with Gasteiger partial charge in [-0.1, -0.05) is 12.8 Å². The number of fused-ring (bicyclic) bond motifs is 1. The molecule has 0 atom stereocenters. The van der Waals surface area contributed by atoms with Crippen LogP contribution in [0.25, 0.3) is 11.0 Å². The van der Waals surface area contributed by atoms with E-state index in [1.165, 1.54) is 25.5 Å². The third kappa shape index (κ3) is 2.70. The summed E-state index contributed by atoms with van der Waals surface area (Å²) >= 11 is 0. The molecule has 2 aromatic rings. The smallest absolute Gasteiger partial charge is 0.339 e. The van der Waals surface area contributed by atoms with Gasteiger partial charge in [-0.2, -0.15) is 5.10 Å². The predicted molar refractivity (Wildman–Crippen MR) is 80.7 cm³/mol. The second-order valence-electron chi connectivity index (χ2n) is 5.77. The number of carboxylic acids is 1. The molecule has 0 saturated heterocycles. The summed E-state index contributed by atoms with van der Waals surface area (Å²) < 4.78 is 1.69. The number of aromatic carboxylic acids is 1. The Morgan fingerprint density at radius 2 is 2.29 bits per heavy atom. The maximum Gasteiger partial charge on any atom is 0.339 e. The van der Waals surface area contributed by atoms with Crippen LogP contribution in [0.4, 0.5) is 5.69 Å². The molecule has 3 rings (SSSR count). The molecule has 0 unspecified atom stereocenters. The number of carbonyl (C=O) groups is 1. The Bertz CT molecular complexity index is 689. The van der Waals surface area contributed by atoms with E-state index in [1.807, 2.05) is 14.0 Å². The maximum atomic E-state index is 11.4. The average Bonchev–Trinajstić information content (AvgIpc) is 3.21. The fourth-order valence-corrected chi connectivity index (χ4v) is 2.77. The summed E-state index contributed by atoms with van der Waals surface area (Å²) in [6.07, 6.45) is 6.39. The van der Waals surface area contributed by atoms with E-state index in [-0.39, 0.29) is 5.56 Å². The summed E-state index contributed by atoms with van der Waals surface area (Å²) in [7, 11) is 1.82. The van der Waals surface area contributed by atoms with Crippen LogP contribution in [-0.2, 0) is 7.05 Å². The average molecular weight is 288 g/mol. The molecule has 0 spiro atoms. The SMILES string of the molecule is Cc1nn(C)c2ncc(C(=O)O)c(NCCCC3CC3)c12. The lowest BCUT2D eigenvalue weighted by Gasteiger charge is -2.11. The number of anilines is 1. The first-order valence-electron chi connectivity index (χ1n) is 7.37. The quantitative estimate of drug-likeness (QED) is 0.799. The van der Waals surface area contributed by atoms with Crippen molar-refractivity contribution >= 4 is 22.7 Å². The molecule has 6 nitrogen and oxygen atoms in total. The van der Waals surface area contributed by atoms with Gasteiger partial charge in [0.25, 0.3) is 0 Å². The number of nitrogens with one attached hydrogen (secondary N) is 1. The minimum absolute atomic E-state index is 0.213. The van der Waals surface area contributed by atoms with Crippen LogP contribution < -0.4 is 5.32 Å². The number of pyridine rings is 1. The molecule has 2 aromatic heterocycles. The normalized spacial score (nSPS) is 14.6. The van der Waals surface area contributed by atoms with Gasteiger partial charge in [0, 0.05) is 19.8 Å². The molecule has 1 saturated carbocycles. The van der Waals surface area contributed by atoms with Gasteiger partial charge in [-0.3, -0.25) is 4.68 Å². The summed E-state index contributed by atoms with van der Waals surface area (Å²) in [5, 5.41) is 17.8. The highest BCUT2D eigenvalue weighted by molar-refractivity contribution is 6.04. The maximum absolute atomic E-state index is 11.4. The van der Waals surface area contributed by atoms with E-state index in [0.29, 0.717) is 11.3 Å². The van der Waals surface area contributed by atoms with Crippen LogP contribution in [0.5, 0.6) is 0 Å². The Balaban J connectivity index is 1.91. The molecule has 0 aromatic carbocycles. The van der Waals surface area contributed by atoms with Crippen LogP contribution in [-0.4, -0.2) is 32.4 Å². The van der Waals surface area contributed by atoms with E-state index in [1.54, 1.807) is 4.68 Å². The number of aryl methyl sites for hydroxylation is 2. The molecule has 1 aliphatic carbocycles. The van der Waals surface area contributed by atoms with E-state index in [0.717, 1.165) is 30.0 Å². The van der Waals surface area contributed by atoms with Crippen LogP contribution in [0, 0.1) is 12.8 Å². The van der Waals surface area contributed by atoms with Gasteiger partial charge in [-0.05, 0) is 25.7 Å². The standard InChI is InChI=1S/C15H20N4O2/c1-9-12-13(16-7-3-4-10-5-6-10)11(15(20)21)8-17-14(12)19(2)18-9/h8,10H,3-7H2,1-2H3,(H,16,17)(H,20,21). The lowest BCUT2D eigenvalue weighted by atomic mass is 10.1. The summed E-state index contributed by atoms with van der Waals surface area (Å²) in [5.41, 5.74) is 2.37. The summed E-state index contributed by atoms with van der Waals surface area (Å²) in [5.74, 6) is -0.0688. The predicted octanol–water partition coefficient (Wildman–Crippen LogP) is 2.58. The first-order chi connectivity index (χ1) is 10.1. The zero-order valence-electron chi connectivity index (χ0n) is 12.4. The third-order valence-corrected chi connectivity index (χ3v) is 4.05. The van der Waals surface area contributed by atoms with E-state index in [4.69, 9.17) is 0 Å². The van der Waals surface area contributed by atoms with Crippen molar-refractivity contribution in [2.45, 2.75) is 32.6 Å². The molecule has 6 heteroatoms. The van der Waals surface area contributed by atoms with E-state index in [2.05, 4.69) is 15.4 Å². The molecule has 2 heterocycles. The highest BCUT2D eigenvalue weighted by Gasteiger charge is 2.21.